The van der Waals surface area contributed by atoms with Crippen molar-refractivity contribution in [2.24, 2.45) is 27.7 Å². The zero-order valence-corrected chi connectivity index (χ0v) is 12.7. The van der Waals surface area contributed by atoms with Gasteiger partial charge in [0.15, 0.2) is 10.8 Å². The van der Waals surface area contributed by atoms with Crippen LogP contribution in [0.4, 0.5) is 0 Å². The summed E-state index contributed by atoms with van der Waals surface area (Å²) < 4.78 is 12.4. The van der Waals surface area contributed by atoms with Crippen molar-refractivity contribution in [2.75, 3.05) is 0 Å². The van der Waals surface area contributed by atoms with Gasteiger partial charge in [-0.1, -0.05) is 20.3 Å². The zero-order chi connectivity index (χ0) is 15.8. The lowest BCUT2D eigenvalue weighted by molar-refractivity contribution is -0.358. The van der Waals surface area contributed by atoms with Crippen molar-refractivity contribution < 1.29 is 9.47 Å². The molecule has 0 amide bonds. The second-order valence-electron chi connectivity index (χ2n) is 7.10. The maximum atomic E-state index is 10.1. The van der Waals surface area contributed by atoms with Gasteiger partial charge in [0.1, 0.15) is 5.84 Å². The molecular weight excluding hydrogens is 280 g/mol. The molecule has 6 nitrogen and oxygen atoms in total. The summed E-state index contributed by atoms with van der Waals surface area (Å²) in [5.74, 6) is -0.926. The van der Waals surface area contributed by atoms with Crippen molar-refractivity contribution in [2.45, 2.75) is 51.4 Å². The van der Waals surface area contributed by atoms with Gasteiger partial charge >= 0.3 is 0 Å². The largest absolute Gasteiger partial charge is 0.447 e. The van der Waals surface area contributed by atoms with Crippen LogP contribution >= 0.6 is 0 Å². The van der Waals surface area contributed by atoms with Crippen LogP contribution in [0.1, 0.15) is 39.5 Å². The Morgan fingerprint density at radius 1 is 1.27 bits per heavy atom. The Morgan fingerprint density at radius 3 is 2.64 bits per heavy atom. The highest BCUT2D eigenvalue weighted by Crippen LogP contribution is 2.69. The Hall–Kier alpha value is -1.92. The molecule has 3 saturated heterocycles. The molecular formula is C16H18N4O2. The number of nitrogens with zero attached hydrogens (tertiary/aromatic N) is 3. The fourth-order valence-corrected chi connectivity index (χ4v) is 4.99. The van der Waals surface area contributed by atoms with Crippen molar-refractivity contribution in [3.63, 3.8) is 0 Å². The first-order chi connectivity index (χ1) is 10.5. The van der Waals surface area contributed by atoms with Gasteiger partial charge in [0, 0.05) is 6.42 Å². The average molecular weight is 298 g/mol. The maximum absolute atomic E-state index is 10.1. The molecule has 4 aliphatic heterocycles. The van der Waals surface area contributed by atoms with Gasteiger partial charge < -0.3 is 9.47 Å². The lowest BCUT2D eigenvalue weighted by atomic mass is 9.48. The van der Waals surface area contributed by atoms with E-state index in [1.54, 1.807) is 0 Å². The van der Waals surface area contributed by atoms with Crippen molar-refractivity contribution in [1.29, 1.82) is 15.9 Å². The second-order valence-corrected chi connectivity index (χ2v) is 7.10. The minimum atomic E-state index is -1.28. The van der Waals surface area contributed by atoms with Crippen LogP contribution in [-0.4, -0.2) is 23.6 Å². The van der Waals surface area contributed by atoms with Crippen LogP contribution in [0, 0.1) is 50.7 Å². The monoisotopic (exact) mass is 298 g/mol. The normalized spacial score (nSPS) is 48.2. The number of aliphatic imine (C=N–C) groups is 1. The fraction of sp³-hybridized carbons (Fsp3) is 0.750. The molecule has 6 heteroatoms. The van der Waals surface area contributed by atoms with E-state index in [2.05, 4.69) is 17.1 Å². The summed E-state index contributed by atoms with van der Waals surface area (Å²) in [6.45, 7) is 3.96. The predicted molar refractivity (Wildman–Crippen MR) is 76.7 cm³/mol. The van der Waals surface area contributed by atoms with Crippen molar-refractivity contribution in [3.8, 4) is 12.1 Å². The molecule has 1 aliphatic carbocycles. The molecule has 1 spiro atoms. The minimum absolute atomic E-state index is 0.0192. The standard InChI is InChI=1S/C16H18N4O2/c1-9(2)11-15(8-18)13-20-12(19)14(15,7-17)10-5-3-4-6-16(10,21-11)22-13/h9-11,19H,3-6H2,1-2H3/t10-,11-,14-,15+,16+/m0/s1. The predicted octanol–water partition coefficient (Wildman–Crippen LogP) is 2.37. The second kappa shape index (κ2) is 3.88. The van der Waals surface area contributed by atoms with E-state index < -0.39 is 22.7 Å². The number of ether oxygens (including phenoxy) is 2. The Morgan fingerprint density at radius 2 is 2.00 bits per heavy atom. The van der Waals surface area contributed by atoms with Gasteiger partial charge in [0.25, 0.3) is 0 Å². The number of amidine groups is 1. The molecule has 5 atom stereocenters. The Kier molecular flexibility index (Phi) is 2.42. The van der Waals surface area contributed by atoms with E-state index in [0.29, 0.717) is 6.42 Å². The summed E-state index contributed by atoms with van der Waals surface area (Å²) in [4.78, 5) is 4.22. The highest BCUT2D eigenvalue weighted by molar-refractivity contribution is 6.12. The van der Waals surface area contributed by atoms with E-state index in [1.807, 2.05) is 13.8 Å². The molecule has 1 saturated carbocycles. The molecule has 0 aromatic carbocycles. The van der Waals surface area contributed by atoms with E-state index in [0.717, 1.165) is 19.3 Å². The molecule has 5 aliphatic rings. The Bertz CT molecular complexity index is 687. The lowest BCUT2D eigenvalue weighted by Crippen LogP contribution is -2.76. The summed E-state index contributed by atoms with van der Waals surface area (Å²) in [6, 6.07) is 4.65. The number of rotatable bonds is 1. The zero-order valence-electron chi connectivity index (χ0n) is 12.7. The van der Waals surface area contributed by atoms with Crippen molar-refractivity contribution in [1.82, 2.24) is 0 Å². The van der Waals surface area contributed by atoms with Crippen LogP contribution in [0.2, 0.25) is 0 Å². The number of hydrogen-bond donors (Lipinski definition) is 1. The summed E-state index contributed by atoms with van der Waals surface area (Å²) in [7, 11) is 0. The van der Waals surface area contributed by atoms with Crippen molar-refractivity contribution >= 4 is 11.7 Å². The number of nitrogens with one attached hydrogen (secondary N) is 1. The molecule has 0 radical (unpaired) electrons. The molecule has 4 fully saturated rings. The van der Waals surface area contributed by atoms with E-state index in [1.165, 1.54) is 0 Å². The lowest BCUT2D eigenvalue weighted by Gasteiger charge is -2.63. The Labute approximate surface area is 129 Å². The molecule has 0 aromatic rings. The summed E-state index contributed by atoms with van der Waals surface area (Å²) in [6.07, 6.45) is 2.87. The molecule has 4 heterocycles. The van der Waals surface area contributed by atoms with Gasteiger partial charge in [0.05, 0.1) is 24.2 Å². The third-order valence-corrected chi connectivity index (χ3v) is 5.85. The van der Waals surface area contributed by atoms with Gasteiger partial charge in [-0.15, -0.1) is 0 Å². The van der Waals surface area contributed by atoms with Gasteiger partial charge in [-0.05, 0) is 18.8 Å². The summed E-state index contributed by atoms with van der Waals surface area (Å²) in [5, 5.41) is 28.5. The van der Waals surface area contributed by atoms with Gasteiger partial charge in [-0.25, -0.2) is 0 Å². The molecule has 0 aromatic heterocycles. The van der Waals surface area contributed by atoms with Gasteiger partial charge in [-0.2, -0.15) is 15.5 Å². The number of fused-ring (bicyclic) bond motifs is 1. The van der Waals surface area contributed by atoms with E-state index in [4.69, 9.17) is 14.9 Å². The minimum Gasteiger partial charge on any atom is -0.447 e. The van der Waals surface area contributed by atoms with Crippen LogP contribution in [0.15, 0.2) is 4.99 Å². The number of hydrogen-bond acceptors (Lipinski definition) is 5. The Balaban J connectivity index is 2.04. The molecule has 1 N–H and O–H groups in total. The van der Waals surface area contributed by atoms with Crippen LogP contribution in [-0.2, 0) is 9.47 Å². The molecule has 4 bridgehead atoms. The maximum Gasteiger partial charge on any atom is 0.218 e. The van der Waals surface area contributed by atoms with Crippen LogP contribution in [0.25, 0.3) is 0 Å². The topological polar surface area (TPSA) is 102 Å². The van der Waals surface area contributed by atoms with E-state index in [9.17, 15) is 10.5 Å². The third-order valence-electron chi connectivity index (χ3n) is 5.85. The highest BCUT2D eigenvalue weighted by atomic mass is 16.7. The van der Waals surface area contributed by atoms with Crippen LogP contribution < -0.4 is 0 Å². The van der Waals surface area contributed by atoms with Crippen LogP contribution in [0.3, 0.4) is 0 Å². The van der Waals surface area contributed by atoms with E-state index >= 15 is 0 Å². The summed E-state index contributed by atoms with van der Waals surface area (Å²) >= 11 is 0. The first kappa shape index (κ1) is 13.7. The van der Waals surface area contributed by atoms with Crippen LogP contribution in [0.5, 0.6) is 0 Å². The fourth-order valence-electron chi connectivity index (χ4n) is 4.99. The molecule has 22 heavy (non-hydrogen) atoms. The van der Waals surface area contributed by atoms with E-state index in [-0.39, 0.29) is 23.6 Å². The molecule has 0 unspecified atom stereocenters. The first-order valence-corrected chi connectivity index (χ1v) is 7.86. The highest BCUT2D eigenvalue weighted by Gasteiger charge is 2.83. The van der Waals surface area contributed by atoms with Gasteiger partial charge in [-0.3, -0.25) is 5.41 Å². The average Bonchev–Trinajstić information content (AvgIpc) is 2.70. The molecule has 5 rings (SSSR count). The SMILES string of the molecule is CC(C)[C@@H]1O[C@@]23CCCC[C@H]2[C@@]2(C#N)C(=N)N=C(O3)[C@@]12C#N. The third kappa shape index (κ3) is 1.11. The van der Waals surface area contributed by atoms with Gasteiger partial charge in [0.2, 0.25) is 11.7 Å². The van der Waals surface area contributed by atoms with Crippen molar-refractivity contribution in [3.05, 3.63) is 0 Å². The quantitative estimate of drug-likeness (QED) is 0.802. The molecule has 114 valence electrons. The number of nitriles is 2. The summed E-state index contributed by atoms with van der Waals surface area (Å²) in [5.41, 5.74) is -2.51. The smallest absolute Gasteiger partial charge is 0.218 e. The first-order valence-electron chi connectivity index (χ1n) is 7.86.